The van der Waals surface area contributed by atoms with Crippen molar-refractivity contribution in [1.29, 1.82) is 0 Å². The number of piperazine rings is 1. The highest BCUT2D eigenvalue weighted by molar-refractivity contribution is 5.94. The van der Waals surface area contributed by atoms with Crippen LogP contribution in [0.15, 0.2) is 77.2 Å². The second kappa shape index (κ2) is 10.8. The number of methoxy groups -OCH3 is 1. The number of oxazole rings is 1. The molecule has 7 nitrogen and oxygen atoms in total. The number of aromatic nitrogens is 1. The number of ether oxygens (including phenoxy) is 2. The SMILES string of the molecule is COc1cccc(N2CCN(C(=O)c3ccc(-c4nc(COc5ccc(C)cc5)c(C)o4)cc3)CC2)c1. The van der Waals surface area contributed by atoms with Gasteiger partial charge in [-0.2, -0.15) is 0 Å². The fraction of sp³-hybridized carbons (Fsp3) is 0.267. The van der Waals surface area contributed by atoms with Gasteiger partial charge in [-0.25, -0.2) is 4.98 Å². The van der Waals surface area contributed by atoms with Gasteiger partial charge in [-0.1, -0.05) is 23.8 Å². The zero-order valence-corrected chi connectivity index (χ0v) is 21.4. The molecule has 1 saturated heterocycles. The van der Waals surface area contributed by atoms with E-state index in [4.69, 9.17) is 13.9 Å². The van der Waals surface area contributed by atoms with Gasteiger partial charge in [-0.15, -0.1) is 0 Å². The molecule has 5 rings (SSSR count). The van der Waals surface area contributed by atoms with E-state index >= 15 is 0 Å². The number of aryl methyl sites for hydroxylation is 2. The van der Waals surface area contributed by atoms with Gasteiger partial charge in [0.15, 0.2) is 0 Å². The lowest BCUT2D eigenvalue weighted by Gasteiger charge is -2.36. The zero-order chi connectivity index (χ0) is 25.8. The summed E-state index contributed by atoms with van der Waals surface area (Å²) in [7, 11) is 1.67. The van der Waals surface area contributed by atoms with Crippen LogP contribution < -0.4 is 14.4 Å². The molecular formula is C30H31N3O4. The minimum Gasteiger partial charge on any atom is -0.497 e. The van der Waals surface area contributed by atoms with Crippen LogP contribution >= 0.6 is 0 Å². The van der Waals surface area contributed by atoms with Gasteiger partial charge in [0.25, 0.3) is 5.91 Å². The number of hydrogen-bond donors (Lipinski definition) is 0. The molecule has 190 valence electrons. The van der Waals surface area contributed by atoms with Gasteiger partial charge in [-0.3, -0.25) is 4.79 Å². The number of carbonyl (C=O) groups excluding carboxylic acids is 1. The maximum atomic E-state index is 13.1. The topological polar surface area (TPSA) is 68.0 Å². The molecule has 0 N–H and O–H groups in total. The van der Waals surface area contributed by atoms with Gasteiger partial charge in [-0.05, 0) is 62.4 Å². The third-order valence-corrected chi connectivity index (χ3v) is 6.65. The lowest BCUT2D eigenvalue weighted by Crippen LogP contribution is -2.48. The monoisotopic (exact) mass is 497 g/mol. The van der Waals surface area contributed by atoms with Crippen molar-refractivity contribution in [3.8, 4) is 23.0 Å². The first-order valence-electron chi connectivity index (χ1n) is 12.4. The first-order valence-corrected chi connectivity index (χ1v) is 12.4. The molecule has 1 aromatic heterocycles. The lowest BCUT2D eigenvalue weighted by atomic mass is 10.1. The number of anilines is 1. The van der Waals surface area contributed by atoms with E-state index in [1.807, 2.05) is 85.5 Å². The smallest absolute Gasteiger partial charge is 0.253 e. The minimum absolute atomic E-state index is 0.0348. The molecule has 1 amide bonds. The van der Waals surface area contributed by atoms with Gasteiger partial charge in [0.05, 0.1) is 7.11 Å². The maximum absolute atomic E-state index is 13.1. The fourth-order valence-electron chi connectivity index (χ4n) is 4.38. The number of amides is 1. The van der Waals surface area contributed by atoms with Crippen molar-refractivity contribution in [3.05, 3.63) is 95.4 Å². The Bertz CT molecular complexity index is 1350. The van der Waals surface area contributed by atoms with Gasteiger partial charge < -0.3 is 23.7 Å². The largest absolute Gasteiger partial charge is 0.497 e. The van der Waals surface area contributed by atoms with Crippen molar-refractivity contribution in [1.82, 2.24) is 9.88 Å². The van der Waals surface area contributed by atoms with Crippen LogP contribution in [0.1, 0.15) is 27.4 Å². The molecule has 4 aromatic rings. The first-order chi connectivity index (χ1) is 18.0. The molecule has 0 radical (unpaired) electrons. The van der Waals surface area contributed by atoms with Crippen LogP contribution in [0.25, 0.3) is 11.5 Å². The summed E-state index contributed by atoms with van der Waals surface area (Å²) in [6.07, 6.45) is 0. The van der Waals surface area contributed by atoms with Crippen LogP contribution in [0, 0.1) is 13.8 Å². The Hall–Kier alpha value is -4.26. The zero-order valence-electron chi connectivity index (χ0n) is 21.4. The molecule has 2 heterocycles. The maximum Gasteiger partial charge on any atom is 0.253 e. The Kier molecular flexibility index (Phi) is 7.12. The van der Waals surface area contributed by atoms with Crippen molar-refractivity contribution in [2.45, 2.75) is 20.5 Å². The molecule has 0 unspecified atom stereocenters. The van der Waals surface area contributed by atoms with Crippen molar-refractivity contribution in [2.24, 2.45) is 0 Å². The Balaban J connectivity index is 1.19. The van der Waals surface area contributed by atoms with E-state index in [0.29, 0.717) is 31.2 Å². The number of rotatable bonds is 7. The molecule has 1 aliphatic rings. The van der Waals surface area contributed by atoms with E-state index in [0.717, 1.165) is 47.3 Å². The summed E-state index contributed by atoms with van der Waals surface area (Å²) in [4.78, 5) is 21.9. The highest BCUT2D eigenvalue weighted by Crippen LogP contribution is 2.25. The Morgan fingerprint density at radius 2 is 1.65 bits per heavy atom. The Morgan fingerprint density at radius 3 is 2.35 bits per heavy atom. The Labute approximate surface area is 217 Å². The fourth-order valence-corrected chi connectivity index (χ4v) is 4.38. The molecule has 1 aliphatic heterocycles. The molecule has 7 heteroatoms. The second-order valence-corrected chi connectivity index (χ2v) is 9.18. The minimum atomic E-state index is 0.0348. The highest BCUT2D eigenvalue weighted by atomic mass is 16.5. The summed E-state index contributed by atoms with van der Waals surface area (Å²) in [6.45, 7) is 7.15. The number of hydrogen-bond acceptors (Lipinski definition) is 6. The molecule has 0 spiro atoms. The second-order valence-electron chi connectivity index (χ2n) is 9.18. The number of carbonyl (C=O) groups is 1. The van der Waals surface area contributed by atoms with E-state index in [1.165, 1.54) is 5.56 Å². The predicted octanol–water partition coefficient (Wildman–Crippen LogP) is 5.51. The summed E-state index contributed by atoms with van der Waals surface area (Å²) in [5.41, 5.74) is 4.53. The van der Waals surface area contributed by atoms with E-state index < -0.39 is 0 Å². The van der Waals surface area contributed by atoms with E-state index in [1.54, 1.807) is 7.11 Å². The highest BCUT2D eigenvalue weighted by Gasteiger charge is 2.23. The number of benzene rings is 3. The normalized spacial score (nSPS) is 13.5. The molecule has 0 bridgehead atoms. The van der Waals surface area contributed by atoms with Crippen LogP contribution in [0.4, 0.5) is 5.69 Å². The molecule has 0 aliphatic carbocycles. The van der Waals surface area contributed by atoms with Crippen molar-refractivity contribution in [2.75, 3.05) is 38.2 Å². The van der Waals surface area contributed by atoms with Gasteiger partial charge in [0, 0.05) is 49.1 Å². The van der Waals surface area contributed by atoms with E-state index in [2.05, 4.69) is 16.0 Å². The molecule has 0 saturated carbocycles. The van der Waals surface area contributed by atoms with Crippen LogP contribution in [-0.2, 0) is 6.61 Å². The number of nitrogens with zero attached hydrogens (tertiary/aromatic N) is 3. The van der Waals surface area contributed by atoms with E-state index in [-0.39, 0.29) is 5.91 Å². The van der Waals surface area contributed by atoms with Crippen LogP contribution in [-0.4, -0.2) is 49.1 Å². The molecule has 0 atom stereocenters. The summed E-state index contributed by atoms with van der Waals surface area (Å²) in [6, 6.07) is 23.4. The van der Waals surface area contributed by atoms with Crippen LogP contribution in [0.5, 0.6) is 11.5 Å². The van der Waals surface area contributed by atoms with Gasteiger partial charge >= 0.3 is 0 Å². The van der Waals surface area contributed by atoms with E-state index in [9.17, 15) is 4.79 Å². The summed E-state index contributed by atoms with van der Waals surface area (Å²) in [5, 5.41) is 0. The van der Waals surface area contributed by atoms with Crippen LogP contribution in [0.3, 0.4) is 0 Å². The molecule has 37 heavy (non-hydrogen) atoms. The van der Waals surface area contributed by atoms with Crippen molar-refractivity contribution >= 4 is 11.6 Å². The average Bonchev–Trinajstić information content (AvgIpc) is 3.32. The van der Waals surface area contributed by atoms with Crippen molar-refractivity contribution in [3.63, 3.8) is 0 Å². The predicted molar refractivity (Wildman–Crippen MR) is 143 cm³/mol. The third-order valence-electron chi connectivity index (χ3n) is 6.65. The van der Waals surface area contributed by atoms with Crippen molar-refractivity contribution < 1.29 is 18.7 Å². The average molecular weight is 498 g/mol. The summed E-state index contributed by atoms with van der Waals surface area (Å²) in [5.74, 6) is 2.90. The summed E-state index contributed by atoms with van der Waals surface area (Å²) < 4.78 is 17.1. The molecular weight excluding hydrogens is 466 g/mol. The summed E-state index contributed by atoms with van der Waals surface area (Å²) >= 11 is 0. The van der Waals surface area contributed by atoms with Gasteiger partial charge in [0.2, 0.25) is 5.89 Å². The quantitative estimate of drug-likeness (QED) is 0.336. The molecule has 1 fully saturated rings. The van der Waals surface area contributed by atoms with Gasteiger partial charge in [0.1, 0.15) is 29.6 Å². The molecule has 3 aromatic carbocycles. The standard InChI is InChI=1S/C30H31N3O4/c1-21-7-13-26(14-8-21)36-20-28-22(2)37-29(31-28)23-9-11-24(12-10-23)30(34)33-17-15-32(16-18-33)25-5-4-6-27(19-25)35-3/h4-14,19H,15-18,20H2,1-3H3. The third kappa shape index (κ3) is 5.61. The first kappa shape index (κ1) is 24.4. The lowest BCUT2D eigenvalue weighted by molar-refractivity contribution is 0.0746. The Morgan fingerprint density at radius 1 is 0.919 bits per heavy atom. The van der Waals surface area contributed by atoms with Crippen LogP contribution in [0.2, 0.25) is 0 Å².